The molecule has 4 nitrogen and oxygen atoms in total. The van der Waals surface area contributed by atoms with Crippen LogP contribution in [0.3, 0.4) is 0 Å². The normalized spacial score (nSPS) is 15.8. The van der Waals surface area contributed by atoms with Gasteiger partial charge in [-0.25, -0.2) is 0 Å². The lowest BCUT2D eigenvalue weighted by Gasteiger charge is -2.28. The fourth-order valence-electron chi connectivity index (χ4n) is 3.41. The van der Waals surface area contributed by atoms with Crippen LogP contribution < -0.4 is 10.1 Å². The van der Waals surface area contributed by atoms with Gasteiger partial charge in [-0.15, -0.1) is 0 Å². The number of rotatable bonds is 6. The molecule has 2 aromatic rings. The van der Waals surface area contributed by atoms with Crippen molar-refractivity contribution in [1.29, 1.82) is 0 Å². The highest BCUT2D eigenvalue weighted by molar-refractivity contribution is 5.94. The second-order valence-corrected chi connectivity index (χ2v) is 6.61. The Hall–Kier alpha value is -2.33. The zero-order chi connectivity index (χ0) is 17.6. The van der Waals surface area contributed by atoms with Gasteiger partial charge in [0.05, 0.1) is 13.2 Å². The van der Waals surface area contributed by atoms with Crippen LogP contribution >= 0.6 is 0 Å². The van der Waals surface area contributed by atoms with Crippen LogP contribution in [0.25, 0.3) is 0 Å². The van der Waals surface area contributed by atoms with E-state index < -0.39 is 0 Å². The largest absolute Gasteiger partial charge is 0.497 e. The summed E-state index contributed by atoms with van der Waals surface area (Å²) in [4.78, 5) is 15.0. The van der Waals surface area contributed by atoms with Gasteiger partial charge in [0.1, 0.15) is 5.75 Å². The number of nitrogens with one attached hydrogen (secondary N) is 1. The molecule has 0 unspecified atom stereocenters. The number of likely N-dealkylation sites (tertiary alicyclic amines) is 1. The first-order chi connectivity index (χ1) is 12.2. The predicted molar refractivity (Wildman–Crippen MR) is 100 cm³/mol. The van der Waals surface area contributed by atoms with Gasteiger partial charge in [-0.2, -0.15) is 0 Å². The minimum absolute atomic E-state index is 0.0126. The number of nitrogens with zero attached hydrogens (tertiary/aromatic N) is 1. The second-order valence-electron chi connectivity index (χ2n) is 6.61. The minimum atomic E-state index is -0.0126. The van der Waals surface area contributed by atoms with Crippen LogP contribution in [-0.2, 0) is 0 Å². The van der Waals surface area contributed by atoms with Gasteiger partial charge in [0.2, 0.25) is 0 Å². The van der Waals surface area contributed by atoms with Crippen LogP contribution in [0.2, 0.25) is 0 Å². The average molecular weight is 338 g/mol. The van der Waals surface area contributed by atoms with Gasteiger partial charge < -0.3 is 10.1 Å². The number of methoxy groups -OCH3 is 1. The van der Waals surface area contributed by atoms with Gasteiger partial charge in [-0.05, 0) is 62.7 Å². The zero-order valence-electron chi connectivity index (χ0n) is 15.0. The molecule has 1 atom stereocenters. The first-order valence-corrected chi connectivity index (χ1v) is 8.90. The summed E-state index contributed by atoms with van der Waals surface area (Å²) < 4.78 is 5.26. The number of carbonyl (C=O) groups excluding carboxylic acids is 1. The highest BCUT2D eigenvalue weighted by atomic mass is 16.5. The van der Waals surface area contributed by atoms with Gasteiger partial charge in [-0.1, -0.05) is 29.8 Å². The van der Waals surface area contributed by atoms with E-state index in [1.807, 2.05) is 43.3 Å². The van der Waals surface area contributed by atoms with E-state index in [1.54, 1.807) is 7.11 Å². The van der Waals surface area contributed by atoms with Crippen molar-refractivity contribution in [2.75, 3.05) is 26.7 Å². The van der Waals surface area contributed by atoms with Crippen LogP contribution in [0.4, 0.5) is 0 Å². The molecule has 1 saturated heterocycles. The molecule has 1 aliphatic heterocycles. The topological polar surface area (TPSA) is 41.6 Å². The van der Waals surface area contributed by atoms with E-state index in [9.17, 15) is 4.79 Å². The molecule has 0 saturated carbocycles. The van der Waals surface area contributed by atoms with Crippen molar-refractivity contribution in [3.63, 3.8) is 0 Å². The number of amides is 1. The maximum Gasteiger partial charge on any atom is 0.251 e. The van der Waals surface area contributed by atoms with E-state index in [0.29, 0.717) is 6.54 Å². The number of benzene rings is 2. The van der Waals surface area contributed by atoms with Crippen molar-refractivity contribution in [3.8, 4) is 5.75 Å². The molecule has 0 aliphatic carbocycles. The maximum atomic E-state index is 12.5. The minimum Gasteiger partial charge on any atom is -0.497 e. The van der Waals surface area contributed by atoms with Crippen molar-refractivity contribution in [2.24, 2.45) is 0 Å². The van der Waals surface area contributed by atoms with Crippen molar-refractivity contribution in [2.45, 2.75) is 25.8 Å². The summed E-state index contributed by atoms with van der Waals surface area (Å²) in [6.07, 6.45) is 2.44. The third-order valence-electron chi connectivity index (χ3n) is 4.82. The summed E-state index contributed by atoms with van der Waals surface area (Å²) in [5.41, 5.74) is 3.03. The van der Waals surface area contributed by atoms with Crippen molar-refractivity contribution >= 4 is 5.91 Å². The number of hydrogen-bond donors (Lipinski definition) is 1. The summed E-state index contributed by atoms with van der Waals surface area (Å²) in [7, 11) is 1.68. The molecule has 0 bridgehead atoms. The highest BCUT2D eigenvalue weighted by Gasteiger charge is 2.24. The third kappa shape index (κ3) is 4.40. The molecule has 25 heavy (non-hydrogen) atoms. The maximum absolute atomic E-state index is 12.5. The van der Waals surface area contributed by atoms with Crippen LogP contribution in [0.5, 0.6) is 5.75 Å². The summed E-state index contributed by atoms with van der Waals surface area (Å²) in [5, 5.41) is 3.12. The van der Waals surface area contributed by atoms with Crippen LogP contribution in [-0.4, -0.2) is 37.6 Å². The third-order valence-corrected chi connectivity index (χ3v) is 4.82. The Bertz CT molecular complexity index is 706. The first kappa shape index (κ1) is 17.5. The second kappa shape index (κ2) is 8.17. The number of aryl methyl sites for hydroxylation is 1. The molecule has 0 aromatic heterocycles. The van der Waals surface area contributed by atoms with Crippen molar-refractivity contribution in [1.82, 2.24) is 10.2 Å². The quantitative estimate of drug-likeness (QED) is 0.875. The molecule has 0 radical (unpaired) electrons. The molecule has 0 spiro atoms. The first-order valence-electron chi connectivity index (χ1n) is 8.90. The standard InChI is InChI=1S/C21H26N2O2/c1-16-6-5-7-18(14-16)21(24)22-15-20(23-12-3-4-13-23)17-8-10-19(25-2)11-9-17/h5-11,14,20H,3-4,12-13,15H2,1-2H3,(H,22,24)/t20-/m0/s1. The van der Waals surface area contributed by atoms with Gasteiger partial charge in [-0.3, -0.25) is 9.69 Å². The Morgan fingerprint density at radius 2 is 1.88 bits per heavy atom. The smallest absolute Gasteiger partial charge is 0.251 e. The zero-order valence-corrected chi connectivity index (χ0v) is 15.0. The summed E-state index contributed by atoms with van der Waals surface area (Å²) in [6, 6.07) is 16.1. The lowest BCUT2D eigenvalue weighted by molar-refractivity contribution is 0.0938. The Balaban J connectivity index is 1.72. The van der Waals surface area contributed by atoms with Crippen LogP contribution in [0, 0.1) is 6.92 Å². The van der Waals surface area contributed by atoms with Crippen LogP contribution in [0.1, 0.15) is 40.4 Å². The summed E-state index contributed by atoms with van der Waals surface area (Å²) in [5.74, 6) is 0.842. The fraction of sp³-hybridized carbons (Fsp3) is 0.381. The molecule has 1 N–H and O–H groups in total. The van der Waals surface area contributed by atoms with Gasteiger partial charge >= 0.3 is 0 Å². The van der Waals surface area contributed by atoms with E-state index in [0.717, 1.165) is 30.0 Å². The highest BCUT2D eigenvalue weighted by Crippen LogP contribution is 2.26. The monoisotopic (exact) mass is 338 g/mol. The van der Waals surface area contributed by atoms with E-state index in [2.05, 4.69) is 22.3 Å². The van der Waals surface area contributed by atoms with Gasteiger partial charge in [0.15, 0.2) is 0 Å². The fourth-order valence-corrected chi connectivity index (χ4v) is 3.41. The van der Waals surface area contributed by atoms with Gasteiger partial charge in [0.25, 0.3) is 5.91 Å². The molecule has 1 aliphatic rings. The average Bonchev–Trinajstić information content (AvgIpc) is 3.16. The van der Waals surface area contributed by atoms with Crippen LogP contribution in [0.15, 0.2) is 48.5 Å². The molecule has 3 rings (SSSR count). The Labute approximate surface area is 149 Å². The van der Waals surface area contributed by atoms with Crippen molar-refractivity contribution < 1.29 is 9.53 Å². The number of carbonyl (C=O) groups is 1. The lowest BCUT2D eigenvalue weighted by Crippen LogP contribution is -2.36. The van der Waals surface area contributed by atoms with E-state index in [1.165, 1.54) is 18.4 Å². The molecule has 4 heteroatoms. The van der Waals surface area contributed by atoms with Crippen molar-refractivity contribution in [3.05, 3.63) is 65.2 Å². The molecule has 1 heterocycles. The molecular formula is C21H26N2O2. The molecule has 1 fully saturated rings. The van der Waals surface area contributed by atoms with E-state index in [4.69, 9.17) is 4.74 Å². The molecule has 2 aromatic carbocycles. The molecular weight excluding hydrogens is 312 g/mol. The predicted octanol–water partition coefficient (Wildman–Crippen LogP) is 3.57. The summed E-state index contributed by atoms with van der Waals surface area (Å²) in [6.45, 7) is 4.77. The summed E-state index contributed by atoms with van der Waals surface area (Å²) >= 11 is 0. The van der Waals surface area contributed by atoms with E-state index >= 15 is 0 Å². The Morgan fingerprint density at radius 1 is 1.16 bits per heavy atom. The SMILES string of the molecule is COc1ccc([C@H](CNC(=O)c2cccc(C)c2)N2CCCC2)cc1. The van der Waals surface area contributed by atoms with Gasteiger partial charge in [0, 0.05) is 12.1 Å². The molecule has 132 valence electrons. The number of hydrogen-bond acceptors (Lipinski definition) is 3. The van der Waals surface area contributed by atoms with E-state index in [-0.39, 0.29) is 11.9 Å². The Kier molecular flexibility index (Phi) is 5.71. The lowest BCUT2D eigenvalue weighted by atomic mass is 10.0. The molecule has 1 amide bonds. The number of ether oxygens (including phenoxy) is 1. The Morgan fingerprint density at radius 3 is 2.52 bits per heavy atom.